The Labute approximate surface area is 134 Å². The number of rotatable bonds is 6. The van der Waals surface area contributed by atoms with E-state index in [2.05, 4.69) is 4.90 Å². The molecule has 0 saturated carbocycles. The van der Waals surface area contributed by atoms with Crippen molar-refractivity contribution in [2.75, 3.05) is 52.5 Å². The van der Waals surface area contributed by atoms with Gasteiger partial charge in [-0.25, -0.2) is 4.39 Å². The quantitative estimate of drug-likeness (QED) is 0.798. The lowest BCUT2D eigenvalue weighted by Gasteiger charge is -2.34. The van der Waals surface area contributed by atoms with Crippen LogP contribution in [0.2, 0.25) is 5.02 Å². The molecule has 1 aliphatic heterocycles. The van der Waals surface area contributed by atoms with Crippen LogP contribution in [-0.4, -0.2) is 73.4 Å². The number of carbonyl (C=O) groups excluding carboxylic acids is 1. The fourth-order valence-corrected chi connectivity index (χ4v) is 2.53. The van der Waals surface area contributed by atoms with Gasteiger partial charge in [0.05, 0.1) is 25.4 Å². The summed E-state index contributed by atoms with van der Waals surface area (Å²) in [6.07, 6.45) is 0. The van der Waals surface area contributed by atoms with Crippen LogP contribution in [-0.2, 0) is 4.74 Å². The lowest BCUT2D eigenvalue weighted by atomic mass is 10.1. The van der Waals surface area contributed by atoms with Crippen LogP contribution in [0.25, 0.3) is 0 Å². The van der Waals surface area contributed by atoms with Crippen LogP contribution < -0.4 is 0 Å². The third-order valence-electron chi connectivity index (χ3n) is 3.61. The maximum absolute atomic E-state index is 13.8. The van der Waals surface area contributed by atoms with Crippen molar-refractivity contribution in [3.63, 3.8) is 0 Å². The molecular weight excluding hydrogens is 311 g/mol. The third-order valence-corrected chi connectivity index (χ3v) is 3.84. The average Bonchev–Trinajstić information content (AvgIpc) is 2.52. The Kier molecular flexibility index (Phi) is 6.57. The van der Waals surface area contributed by atoms with Crippen molar-refractivity contribution in [3.8, 4) is 0 Å². The molecule has 1 fully saturated rings. The van der Waals surface area contributed by atoms with Crippen LogP contribution >= 0.6 is 11.6 Å². The summed E-state index contributed by atoms with van der Waals surface area (Å²) in [6, 6.07) is 4.10. The highest BCUT2D eigenvalue weighted by Crippen LogP contribution is 2.17. The summed E-state index contributed by atoms with van der Waals surface area (Å²) in [5, 5.41) is 8.90. The maximum Gasteiger partial charge on any atom is 0.256 e. The van der Waals surface area contributed by atoms with Gasteiger partial charge in [-0.1, -0.05) is 11.6 Å². The first kappa shape index (κ1) is 17.1. The predicted molar refractivity (Wildman–Crippen MR) is 81.7 cm³/mol. The van der Waals surface area contributed by atoms with Gasteiger partial charge in [0.25, 0.3) is 5.91 Å². The number of ether oxygens (including phenoxy) is 1. The molecule has 0 aromatic heterocycles. The summed E-state index contributed by atoms with van der Waals surface area (Å²) < 4.78 is 19.0. The number of aliphatic hydroxyl groups is 1. The smallest absolute Gasteiger partial charge is 0.256 e. The van der Waals surface area contributed by atoms with E-state index in [0.717, 1.165) is 25.7 Å². The zero-order chi connectivity index (χ0) is 15.9. The van der Waals surface area contributed by atoms with Crippen LogP contribution in [0.15, 0.2) is 18.2 Å². The number of aliphatic hydroxyl groups excluding tert-OH is 1. The van der Waals surface area contributed by atoms with Crippen LogP contribution in [0.3, 0.4) is 0 Å². The van der Waals surface area contributed by atoms with E-state index in [4.69, 9.17) is 21.4 Å². The molecule has 1 amide bonds. The Hall–Kier alpha value is -1.21. The molecule has 7 heteroatoms. The second kappa shape index (κ2) is 8.43. The Morgan fingerprint density at radius 1 is 1.27 bits per heavy atom. The largest absolute Gasteiger partial charge is 0.394 e. The van der Waals surface area contributed by atoms with Gasteiger partial charge in [-0.3, -0.25) is 9.69 Å². The molecule has 0 atom stereocenters. The fourth-order valence-electron chi connectivity index (χ4n) is 2.37. The van der Waals surface area contributed by atoms with Gasteiger partial charge >= 0.3 is 0 Å². The van der Waals surface area contributed by atoms with Gasteiger partial charge in [-0.2, -0.15) is 0 Å². The molecule has 0 unspecified atom stereocenters. The summed E-state index contributed by atoms with van der Waals surface area (Å²) in [7, 11) is 0. The summed E-state index contributed by atoms with van der Waals surface area (Å²) in [5.74, 6) is -0.886. The molecule has 1 aromatic rings. The van der Waals surface area contributed by atoms with E-state index in [9.17, 15) is 9.18 Å². The van der Waals surface area contributed by atoms with Crippen LogP contribution in [0.5, 0.6) is 0 Å². The Morgan fingerprint density at radius 2 is 2.00 bits per heavy atom. The first-order valence-corrected chi connectivity index (χ1v) is 7.65. The van der Waals surface area contributed by atoms with Crippen molar-refractivity contribution in [2.45, 2.75) is 0 Å². The first-order valence-electron chi connectivity index (χ1n) is 7.27. The molecule has 1 saturated heterocycles. The number of nitrogens with zero attached hydrogens (tertiary/aromatic N) is 2. The standard InChI is InChI=1S/C15H20ClFN2O3/c16-12-1-2-13(14(17)11-12)15(21)19-5-3-18(4-6-19)7-9-22-10-8-20/h1-2,11,20H,3-10H2. The van der Waals surface area contributed by atoms with Crippen LogP contribution in [0, 0.1) is 5.82 Å². The van der Waals surface area contributed by atoms with E-state index in [1.807, 2.05) is 0 Å². The van der Waals surface area contributed by atoms with Gasteiger partial charge in [-0.15, -0.1) is 0 Å². The Morgan fingerprint density at radius 3 is 2.64 bits per heavy atom. The van der Waals surface area contributed by atoms with E-state index < -0.39 is 5.82 Å². The molecule has 0 radical (unpaired) electrons. The average molecular weight is 331 g/mol. The highest BCUT2D eigenvalue weighted by Gasteiger charge is 2.23. The zero-order valence-corrected chi connectivity index (χ0v) is 13.1. The molecule has 0 spiro atoms. The molecular formula is C15H20ClFN2O3. The van der Waals surface area contributed by atoms with Crippen molar-refractivity contribution in [3.05, 3.63) is 34.6 Å². The van der Waals surface area contributed by atoms with E-state index in [0.29, 0.717) is 26.3 Å². The summed E-state index contributed by atoms with van der Waals surface area (Å²) in [5.41, 5.74) is 0.0594. The lowest BCUT2D eigenvalue weighted by molar-refractivity contribution is 0.0484. The number of hydrogen-bond acceptors (Lipinski definition) is 4. The molecule has 5 nitrogen and oxygen atoms in total. The minimum absolute atomic E-state index is 0.0228. The Balaban J connectivity index is 1.82. The van der Waals surface area contributed by atoms with Gasteiger partial charge in [0.2, 0.25) is 0 Å². The molecule has 1 N–H and O–H groups in total. The molecule has 1 heterocycles. The molecule has 2 rings (SSSR count). The normalized spacial score (nSPS) is 16.0. The minimum atomic E-state index is -0.586. The monoisotopic (exact) mass is 330 g/mol. The fraction of sp³-hybridized carbons (Fsp3) is 0.533. The number of hydrogen-bond donors (Lipinski definition) is 1. The van der Waals surface area contributed by atoms with Gasteiger partial charge < -0.3 is 14.7 Å². The molecule has 1 aromatic carbocycles. The lowest BCUT2D eigenvalue weighted by Crippen LogP contribution is -2.49. The van der Waals surface area contributed by atoms with Gasteiger partial charge in [0, 0.05) is 37.7 Å². The third kappa shape index (κ3) is 4.64. The first-order chi connectivity index (χ1) is 10.6. The van der Waals surface area contributed by atoms with Gasteiger partial charge in [-0.05, 0) is 18.2 Å². The van der Waals surface area contributed by atoms with Crippen LogP contribution in [0.1, 0.15) is 10.4 Å². The summed E-state index contributed by atoms with van der Waals surface area (Å²) in [4.78, 5) is 16.1. The van der Waals surface area contributed by atoms with E-state index in [1.54, 1.807) is 4.90 Å². The molecule has 22 heavy (non-hydrogen) atoms. The topological polar surface area (TPSA) is 53.0 Å². The van der Waals surface area contributed by atoms with E-state index in [1.165, 1.54) is 12.1 Å². The molecule has 1 aliphatic rings. The van der Waals surface area contributed by atoms with Crippen molar-refractivity contribution in [1.82, 2.24) is 9.80 Å². The van der Waals surface area contributed by atoms with Crippen LogP contribution in [0.4, 0.5) is 4.39 Å². The van der Waals surface area contributed by atoms with E-state index in [-0.39, 0.29) is 23.1 Å². The van der Waals surface area contributed by atoms with Gasteiger partial charge in [0.15, 0.2) is 0 Å². The second-order valence-corrected chi connectivity index (χ2v) is 5.53. The Bertz CT molecular complexity index is 508. The highest BCUT2D eigenvalue weighted by atomic mass is 35.5. The second-order valence-electron chi connectivity index (χ2n) is 5.09. The zero-order valence-electron chi connectivity index (χ0n) is 12.3. The van der Waals surface area contributed by atoms with Crippen molar-refractivity contribution in [1.29, 1.82) is 0 Å². The SMILES string of the molecule is O=C(c1ccc(Cl)cc1F)N1CCN(CCOCCO)CC1. The van der Waals surface area contributed by atoms with E-state index >= 15 is 0 Å². The highest BCUT2D eigenvalue weighted by molar-refractivity contribution is 6.30. The number of piperazine rings is 1. The number of halogens is 2. The summed E-state index contributed by atoms with van der Waals surface area (Å²) >= 11 is 5.70. The molecule has 0 aliphatic carbocycles. The van der Waals surface area contributed by atoms with Crippen molar-refractivity contribution < 1.29 is 19.0 Å². The minimum Gasteiger partial charge on any atom is -0.394 e. The van der Waals surface area contributed by atoms with Crippen molar-refractivity contribution in [2.24, 2.45) is 0 Å². The molecule has 0 bridgehead atoms. The number of amides is 1. The van der Waals surface area contributed by atoms with Gasteiger partial charge in [0.1, 0.15) is 5.82 Å². The predicted octanol–water partition coefficient (Wildman–Crippen LogP) is 1.25. The number of benzene rings is 1. The summed E-state index contributed by atoms with van der Waals surface area (Å²) in [6.45, 7) is 4.25. The maximum atomic E-state index is 13.8. The van der Waals surface area contributed by atoms with Crippen molar-refractivity contribution >= 4 is 17.5 Å². The molecule has 122 valence electrons. The number of carbonyl (C=O) groups is 1.